The van der Waals surface area contributed by atoms with E-state index in [1.807, 2.05) is 6.20 Å². The van der Waals surface area contributed by atoms with E-state index in [9.17, 15) is 0 Å². The van der Waals surface area contributed by atoms with Crippen LogP contribution in [0, 0.1) is 0 Å². The predicted octanol–water partition coefficient (Wildman–Crippen LogP) is 3.50. The fourth-order valence-corrected chi connectivity index (χ4v) is 1.92. The second-order valence-electron chi connectivity index (χ2n) is 6.17. The second-order valence-corrected chi connectivity index (χ2v) is 6.17. The van der Waals surface area contributed by atoms with Crippen molar-refractivity contribution in [3.05, 3.63) is 17.7 Å². The molecule has 0 aliphatic heterocycles. The summed E-state index contributed by atoms with van der Waals surface area (Å²) in [4.78, 5) is 4.53. The highest BCUT2D eigenvalue weighted by Gasteiger charge is 2.26. The number of aryl methyl sites for hydroxylation is 1. The Morgan fingerprint density at radius 3 is 2.00 bits per heavy atom. The molecule has 0 aliphatic carbocycles. The first-order chi connectivity index (χ1) is 6.68. The minimum absolute atomic E-state index is 0.116. The van der Waals surface area contributed by atoms with Gasteiger partial charge >= 0.3 is 0 Å². The van der Waals surface area contributed by atoms with Crippen LogP contribution in [0.4, 0.5) is 0 Å². The lowest BCUT2D eigenvalue weighted by molar-refractivity contribution is 0.349. The summed E-state index contributed by atoms with van der Waals surface area (Å²) in [6, 6.07) is 0. The van der Waals surface area contributed by atoms with Gasteiger partial charge in [-0.2, -0.15) is 0 Å². The molecule has 0 radical (unpaired) electrons. The Morgan fingerprint density at radius 1 is 1.13 bits per heavy atom. The van der Waals surface area contributed by atoms with Gasteiger partial charge in [0.15, 0.2) is 0 Å². The SMILES string of the molecule is CCc1ncc(C(C)(C)C)n1C(C)(C)C. The molecule has 2 nitrogen and oxygen atoms in total. The van der Waals surface area contributed by atoms with Crippen molar-refractivity contribution in [2.24, 2.45) is 0 Å². The van der Waals surface area contributed by atoms with Crippen molar-refractivity contribution in [3.63, 3.8) is 0 Å². The van der Waals surface area contributed by atoms with E-state index in [0.29, 0.717) is 0 Å². The summed E-state index contributed by atoms with van der Waals surface area (Å²) >= 11 is 0. The second kappa shape index (κ2) is 3.66. The van der Waals surface area contributed by atoms with Crippen LogP contribution in [-0.4, -0.2) is 9.55 Å². The zero-order chi connectivity index (χ0) is 11.9. The van der Waals surface area contributed by atoms with Crippen molar-refractivity contribution < 1.29 is 0 Å². The Morgan fingerprint density at radius 2 is 1.67 bits per heavy atom. The third kappa shape index (κ3) is 2.42. The maximum Gasteiger partial charge on any atom is 0.109 e. The summed E-state index contributed by atoms with van der Waals surface area (Å²) in [5.74, 6) is 1.19. The molecule has 86 valence electrons. The highest BCUT2D eigenvalue weighted by molar-refractivity contribution is 5.17. The predicted molar refractivity (Wildman–Crippen MR) is 65.3 cm³/mol. The minimum atomic E-state index is 0.116. The summed E-state index contributed by atoms with van der Waals surface area (Å²) in [6.45, 7) is 15.6. The summed E-state index contributed by atoms with van der Waals surface area (Å²) in [6.07, 6.45) is 3.03. The molecule has 0 saturated carbocycles. The quantitative estimate of drug-likeness (QED) is 0.690. The van der Waals surface area contributed by atoms with Gasteiger partial charge in [-0.25, -0.2) is 4.98 Å². The normalized spacial score (nSPS) is 13.3. The fourth-order valence-electron chi connectivity index (χ4n) is 1.92. The minimum Gasteiger partial charge on any atom is -0.326 e. The highest BCUT2D eigenvalue weighted by Crippen LogP contribution is 2.29. The molecule has 0 bridgehead atoms. The van der Waals surface area contributed by atoms with Crippen LogP contribution in [0.3, 0.4) is 0 Å². The molecule has 0 amide bonds. The van der Waals surface area contributed by atoms with Crippen LogP contribution >= 0.6 is 0 Å². The molecule has 1 heterocycles. The van der Waals surface area contributed by atoms with Gasteiger partial charge in [-0.15, -0.1) is 0 Å². The van der Waals surface area contributed by atoms with Crippen LogP contribution in [0.5, 0.6) is 0 Å². The number of hydrogen-bond acceptors (Lipinski definition) is 1. The molecule has 1 aromatic rings. The Kier molecular flexibility index (Phi) is 2.99. The third-order valence-electron chi connectivity index (χ3n) is 2.59. The van der Waals surface area contributed by atoms with Gasteiger partial charge in [0.05, 0.1) is 0 Å². The van der Waals surface area contributed by atoms with Crippen LogP contribution in [0.15, 0.2) is 6.20 Å². The molecule has 1 aromatic heterocycles. The van der Waals surface area contributed by atoms with Gasteiger partial charge in [-0.05, 0) is 20.8 Å². The molecule has 0 N–H and O–H groups in total. The molecule has 2 heteroatoms. The molecule has 0 atom stereocenters. The Labute approximate surface area is 93.7 Å². The van der Waals surface area contributed by atoms with Gasteiger partial charge < -0.3 is 4.57 Å². The van der Waals surface area contributed by atoms with Gasteiger partial charge in [-0.3, -0.25) is 0 Å². The lowest BCUT2D eigenvalue weighted by Crippen LogP contribution is -2.30. The Balaban J connectivity index is 3.37. The Bertz CT molecular complexity index is 334. The van der Waals surface area contributed by atoms with Crippen LogP contribution in [0.1, 0.15) is 60.0 Å². The molecular weight excluding hydrogens is 184 g/mol. The zero-order valence-corrected chi connectivity index (χ0v) is 11.2. The molecule has 0 spiro atoms. The standard InChI is InChI=1S/C13H24N2/c1-8-11-14-9-10(12(2,3)4)15(11)13(5,6)7/h9H,8H2,1-7H3. The van der Waals surface area contributed by atoms with E-state index in [1.54, 1.807) is 0 Å². The smallest absolute Gasteiger partial charge is 0.109 e. The summed E-state index contributed by atoms with van der Waals surface area (Å²) in [7, 11) is 0. The molecular formula is C13H24N2. The first kappa shape index (κ1) is 12.3. The first-order valence-electron chi connectivity index (χ1n) is 5.75. The number of rotatable bonds is 1. The monoisotopic (exact) mass is 208 g/mol. The molecule has 1 rings (SSSR count). The van der Waals surface area contributed by atoms with E-state index >= 15 is 0 Å². The van der Waals surface area contributed by atoms with Crippen molar-refractivity contribution in [1.29, 1.82) is 0 Å². The third-order valence-corrected chi connectivity index (χ3v) is 2.59. The van der Waals surface area contributed by atoms with E-state index in [-0.39, 0.29) is 11.0 Å². The average Bonchev–Trinajstić information content (AvgIpc) is 2.44. The summed E-state index contributed by atoms with van der Waals surface area (Å²) in [5, 5.41) is 0. The topological polar surface area (TPSA) is 17.8 Å². The van der Waals surface area contributed by atoms with Gasteiger partial charge in [-0.1, -0.05) is 27.7 Å². The van der Waals surface area contributed by atoms with Gasteiger partial charge in [0, 0.05) is 29.3 Å². The van der Waals surface area contributed by atoms with E-state index in [4.69, 9.17) is 0 Å². The molecule has 0 saturated heterocycles. The molecule has 0 fully saturated rings. The summed E-state index contributed by atoms with van der Waals surface area (Å²) in [5.41, 5.74) is 1.60. The number of hydrogen-bond donors (Lipinski definition) is 0. The summed E-state index contributed by atoms with van der Waals surface area (Å²) < 4.78 is 2.38. The average molecular weight is 208 g/mol. The molecule has 15 heavy (non-hydrogen) atoms. The Hall–Kier alpha value is -0.790. The first-order valence-corrected chi connectivity index (χ1v) is 5.75. The fraction of sp³-hybridized carbons (Fsp3) is 0.769. The number of aromatic nitrogens is 2. The molecule has 0 aromatic carbocycles. The van der Waals surface area contributed by atoms with Crippen molar-refractivity contribution in [2.45, 2.75) is 65.8 Å². The van der Waals surface area contributed by atoms with E-state index < -0.39 is 0 Å². The molecule has 0 aliphatic rings. The van der Waals surface area contributed by atoms with Crippen molar-refractivity contribution in [2.75, 3.05) is 0 Å². The highest BCUT2D eigenvalue weighted by atomic mass is 15.1. The van der Waals surface area contributed by atoms with Crippen LogP contribution in [0.2, 0.25) is 0 Å². The van der Waals surface area contributed by atoms with Gasteiger partial charge in [0.1, 0.15) is 5.82 Å². The van der Waals surface area contributed by atoms with E-state index in [1.165, 1.54) is 11.5 Å². The van der Waals surface area contributed by atoms with Crippen molar-refractivity contribution in [3.8, 4) is 0 Å². The lowest BCUT2D eigenvalue weighted by atomic mass is 9.91. The van der Waals surface area contributed by atoms with Gasteiger partial charge in [0.2, 0.25) is 0 Å². The largest absolute Gasteiger partial charge is 0.326 e. The molecule has 0 unspecified atom stereocenters. The number of nitrogens with zero attached hydrogens (tertiary/aromatic N) is 2. The van der Waals surface area contributed by atoms with Crippen molar-refractivity contribution in [1.82, 2.24) is 9.55 Å². The lowest BCUT2D eigenvalue weighted by Gasteiger charge is -2.31. The van der Waals surface area contributed by atoms with E-state index in [0.717, 1.165) is 6.42 Å². The van der Waals surface area contributed by atoms with E-state index in [2.05, 4.69) is 58.0 Å². The number of imidazole rings is 1. The van der Waals surface area contributed by atoms with Crippen LogP contribution in [-0.2, 0) is 17.4 Å². The zero-order valence-electron chi connectivity index (χ0n) is 11.2. The van der Waals surface area contributed by atoms with Crippen LogP contribution in [0.25, 0.3) is 0 Å². The van der Waals surface area contributed by atoms with Crippen molar-refractivity contribution >= 4 is 0 Å². The maximum absolute atomic E-state index is 4.53. The van der Waals surface area contributed by atoms with Gasteiger partial charge in [0.25, 0.3) is 0 Å². The van der Waals surface area contributed by atoms with Crippen LogP contribution < -0.4 is 0 Å². The maximum atomic E-state index is 4.53.